The Hall–Kier alpha value is -2.01. The summed E-state index contributed by atoms with van der Waals surface area (Å²) in [6, 6.07) is 5.73. The molecule has 19 heavy (non-hydrogen) atoms. The van der Waals surface area contributed by atoms with E-state index in [1.807, 2.05) is 42.5 Å². The molecular formula is C14H11N3OS. The first kappa shape index (κ1) is 12.0. The van der Waals surface area contributed by atoms with E-state index in [0.29, 0.717) is 11.6 Å². The van der Waals surface area contributed by atoms with Gasteiger partial charge in [-0.25, -0.2) is 9.98 Å². The summed E-state index contributed by atoms with van der Waals surface area (Å²) in [4.78, 5) is 24.6. The van der Waals surface area contributed by atoms with Crippen molar-refractivity contribution in [2.24, 2.45) is 15.9 Å². The maximum Gasteiger partial charge on any atom is 0.260 e. The number of thioether (sulfide) groups is 1. The van der Waals surface area contributed by atoms with E-state index in [9.17, 15) is 4.79 Å². The van der Waals surface area contributed by atoms with Gasteiger partial charge in [0.1, 0.15) is 11.8 Å². The van der Waals surface area contributed by atoms with Gasteiger partial charge in [0, 0.05) is 6.20 Å². The summed E-state index contributed by atoms with van der Waals surface area (Å²) in [7, 11) is 0. The Labute approximate surface area is 115 Å². The van der Waals surface area contributed by atoms with Gasteiger partial charge < -0.3 is 0 Å². The topological polar surface area (TPSA) is 54.7 Å². The van der Waals surface area contributed by atoms with Crippen molar-refractivity contribution < 1.29 is 4.79 Å². The number of aliphatic imine (C=N–C) groups is 2. The second-order valence-electron chi connectivity index (χ2n) is 4.08. The summed E-state index contributed by atoms with van der Waals surface area (Å²) in [6.45, 7) is 0. The SMILES string of the molecule is O=C1N=C(CSc2ccccn2)N=C2C=CC=CC12. The van der Waals surface area contributed by atoms with Crippen LogP contribution in [0, 0.1) is 5.92 Å². The molecule has 0 radical (unpaired) electrons. The van der Waals surface area contributed by atoms with Crippen molar-refractivity contribution in [3.8, 4) is 0 Å². The fourth-order valence-corrected chi connectivity index (χ4v) is 2.57. The highest BCUT2D eigenvalue weighted by Crippen LogP contribution is 2.20. The minimum atomic E-state index is -0.298. The number of aromatic nitrogens is 1. The third-order valence-corrected chi connectivity index (χ3v) is 3.69. The third-order valence-electron chi connectivity index (χ3n) is 2.75. The average molecular weight is 269 g/mol. The van der Waals surface area contributed by atoms with Gasteiger partial charge in [-0.1, -0.05) is 36.1 Å². The van der Waals surface area contributed by atoms with E-state index in [1.165, 1.54) is 11.8 Å². The number of amides is 1. The molecule has 94 valence electrons. The van der Waals surface area contributed by atoms with Crippen LogP contribution in [-0.4, -0.2) is 28.2 Å². The Morgan fingerprint density at radius 1 is 1.21 bits per heavy atom. The Bertz CT molecular complexity index is 617. The predicted molar refractivity (Wildman–Crippen MR) is 76.6 cm³/mol. The maximum atomic E-state index is 11.9. The molecule has 0 saturated carbocycles. The van der Waals surface area contributed by atoms with Crippen molar-refractivity contribution in [2.75, 3.05) is 5.75 Å². The highest BCUT2D eigenvalue weighted by molar-refractivity contribution is 7.99. The molecule has 1 aromatic heterocycles. The first-order chi connectivity index (χ1) is 9.33. The van der Waals surface area contributed by atoms with Gasteiger partial charge >= 0.3 is 0 Å². The standard InChI is InChI=1S/C14H11N3OS/c18-14-10-5-1-2-6-11(10)16-12(17-14)9-19-13-7-3-4-8-15-13/h1-8,10H,9H2. The molecule has 1 atom stereocenters. The molecule has 0 N–H and O–H groups in total. The summed E-state index contributed by atoms with van der Waals surface area (Å²) in [5.41, 5.74) is 0.777. The second kappa shape index (κ2) is 5.32. The number of nitrogens with zero attached hydrogens (tertiary/aromatic N) is 3. The van der Waals surface area contributed by atoms with Gasteiger partial charge in [-0.2, -0.15) is 4.99 Å². The molecule has 1 unspecified atom stereocenters. The van der Waals surface area contributed by atoms with Crippen LogP contribution in [-0.2, 0) is 4.79 Å². The van der Waals surface area contributed by atoms with Crippen LogP contribution in [0.25, 0.3) is 0 Å². The zero-order valence-corrected chi connectivity index (χ0v) is 10.9. The van der Waals surface area contributed by atoms with Crippen LogP contribution in [0.5, 0.6) is 0 Å². The van der Waals surface area contributed by atoms with E-state index in [4.69, 9.17) is 0 Å². The van der Waals surface area contributed by atoms with Crippen molar-refractivity contribution in [3.63, 3.8) is 0 Å². The van der Waals surface area contributed by atoms with Crippen molar-refractivity contribution >= 4 is 29.2 Å². The summed E-state index contributed by atoms with van der Waals surface area (Å²) in [6.07, 6.45) is 9.17. The van der Waals surface area contributed by atoms with E-state index >= 15 is 0 Å². The molecule has 0 fully saturated rings. The molecule has 0 spiro atoms. The first-order valence-corrected chi connectivity index (χ1v) is 6.90. The number of carbonyl (C=O) groups excluding carboxylic acids is 1. The van der Waals surface area contributed by atoms with E-state index in [-0.39, 0.29) is 11.8 Å². The number of rotatable bonds is 3. The zero-order chi connectivity index (χ0) is 13.1. The lowest BCUT2D eigenvalue weighted by Crippen LogP contribution is -2.27. The molecular weight excluding hydrogens is 258 g/mol. The Morgan fingerprint density at radius 3 is 3.00 bits per heavy atom. The fraction of sp³-hybridized carbons (Fsp3) is 0.143. The highest BCUT2D eigenvalue weighted by atomic mass is 32.2. The first-order valence-electron chi connectivity index (χ1n) is 5.91. The second-order valence-corrected chi connectivity index (χ2v) is 5.08. The Balaban J connectivity index is 1.73. The molecule has 1 aromatic rings. The van der Waals surface area contributed by atoms with Crippen LogP contribution in [0.3, 0.4) is 0 Å². The van der Waals surface area contributed by atoms with Gasteiger partial charge in [-0.3, -0.25) is 4.79 Å². The van der Waals surface area contributed by atoms with Crippen LogP contribution in [0.15, 0.2) is 63.7 Å². The number of allylic oxidation sites excluding steroid dienone is 3. The lowest BCUT2D eigenvalue weighted by molar-refractivity contribution is -0.118. The van der Waals surface area contributed by atoms with Crippen LogP contribution < -0.4 is 0 Å². The van der Waals surface area contributed by atoms with E-state index in [2.05, 4.69) is 15.0 Å². The number of hydrogen-bond donors (Lipinski definition) is 0. The van der Waals surface area contributed by atoms with E-state index < -0.39 is 0 Å². The van der Waals surface area contributed by atoms with Crippen molar-refractivity contribution in [2.45, 2.75) is 5.03 Å². The van der Waals surface area contributed by atoms with Crippen molar-refractivity contribution in [1.82, 2.24) is 4.98 Å². The molecule has 1 amide bonds. The molecule has 1 aliphatic carbocycles. The highest BCUT2D eigenvalue weighted by Gasteiger charge is 2.25. The normalized spacial score (nSPS) is 20.8. The van der Waals surface area contributed by atoms with Crippen LogP contribution >= 0.6 is 11.8 Å². The molecule has 0 bridgehead atoms. The number of amidine groups is 1. The van der Waals surface area contributed by atoms with Crippen molar-refractivity contribution in [3.05, 3.63) is 48.7 Å². The summed E-state index contributed by atoms with van der Waals surface area (Å²) in [5.74, 6) is 0.680. The molecule has 1 aliphatic heterocycles. The molecule has 0 saturated heterocycles. The number of hydrogen-bond acceptors (Lipinski definition) is 4. The molecule has 2 heterocycles. The quantitative estimate of drug-likeness (QED) is 0.791. The third kappa shape index (κ3) is 2.71. The van der Waals surface area contributed by atoms with E-state index in [1.54, 1.807) is 6.20 Å². The number of pyridine rings is 1. The molecule has 2 aliphatic rings. The fourth-order valence-electron chi connectivity index (χ4n) is 1.85. The van der Waals surface area contributed by atoms with Gasteiger partial charge in [0.2, 0.25) is 0 Å². The number of fused-ring (bicyclic) bond motifs is 1. The largest absolute Gasteiger partial charge is 0.271 e. The summed E-state index contributed by atoms with van der Waals surface area (Å²) >= 11 is 1.53. The van der Waals surface area contributed by atoms with Crippen molar-refractivity contribution in [1.29, 1.82) is 0 Å². The average Bonchev–Trinajstić information content (AvgIpc) is 2.46. The van der Waals surface area contributed by atoms with Gasteiger partial charge in [-0.15, -0.1) is 0 Å². The molecule has 0 aromatic carbocycles. The van der Waals surface area contributed by atoms with Gasteiger partial charge in [0.05, 0.1) is 16.5 Å². The smallest absolute Gasteiger partial charge is 0.260 e. The molecule has 5 heteroatoms. The van der Waals surface area contributed by atoms with Gasteiger partial charge in [0.25, 0.3) is 5.91 Å². The van der Waals surface area contributed by atoms with Crippen LogP contribution in [0.4, 0.5) is 0 Å². The van der Waals surface area contributed by atoms with Gasteiger partial charge in [-0.05, 0) is 18.2 Å². The predicted octanol–water partition coefficient (Wildman–Crippen LogP) is 2.30. The maximum absolute atomic E-state index is 11.9. The molecule has 4 nitrogen and oxygen atoms in total. The number of carbonyl (C=O) groups is 1. The van der Waals surface area contributed by atoms with Crippen LogP contribution in [0.1, 0.15) is 0 Å². The minimum absolute atomic E-state index is 0.137. The van der Waals surface area contributed by atoms with Gasteiger partial charge in [0.15, 0.2) is 0 Å². The monoisotopic (exact) mass is 269 g/mol. The zero-order valence-electron chi connectivity index (χ0n) is 10.1. The summed E-state index contributed by atoms with van der Waals surface area (Å²) < 4.78 is 0. The molecule has 3 rings (SSSR count). The summed E-state index contributed by atoms with van der Waals surface area (Å²) in [5, 5.41) is 0.902. The lowest BCUT2D eigenvalue weighted by atomic mass is 9.97. The van der Waals surface area contributed by atoms with Crippen LogP contribution in [0.2, 0.25) is 0 Å². The minimum Gasteiger partial charge on any atom is -0.271 e. The lowest BCUT2D eigenvalue weighted by Gasteiger charge is -2.17. The van der Waals surface area contributed by atoms with E-state index in [0.717, 1.165) is 10.7 Å². The Kier molecular flexibility index (Phi) is 3.37. The Morgan fingerprint density at radius 2 is 2.16 bits per heavy atom.